The zero-order valence-electron chi connectivity index (χ0n) is 9.84. The first-order valence-corrected chi connectivity index (χ1v) is 7.55. The van der Waals surface area contributed by atoms with Crippen LogP contribution in [0.15, 0.2) is 40.9 Å². The SMILES string of the molecule is NC(Cc1ccc(Br)cc1Cl)c1cccc(Cl)c1Cl. The van der Waals surface area contributed by atoms with Crippen LogP contribution in [0.2, 0.25) is 15.1 Å². The van der Waals surface area contributed by atoms with E-state index in [1.807, 2.05) is 30.3 Å². The van der Waals surface area contributed by atoms with Crippen LogP contribution >= 0.6 is 50.7 Å². The summed E-state index contributed by atoms with van der Waals surface area (Å²) in [6.07, 6.45) is 0.603. The third kappa shape index (κ3) is 3.65. The minimum atomic E-state index is -0.245. The monoisotopic (exact) mass is 377 g/mol. The smallest absolute Gasteiger partial charge is 0.0640 e. The van der Waals surface area contributed by atoms with Gasteiger partial charge in [0.05, 0.1) is 10.0 Å². The van der Waals surface area contributed by atoms with E-state index in [-0.39, 0.29) is 6.04 Å². The molecular formula is C14H11BrCl3N. The van der Waals surface area contributed by atoms with E-state index in [1.165, 1.54) is 0 Å². The Morgan fingerprint density at radius 2 is 1.79 bits per heavy atom. The highest BCUT2D eigenvalue weighted by Gasteiger charge is 2.14. The molecule has 2 aromatic carbocycles. The molecule has 0 saturated carbocycles. The van der Waals surface area contributed by atoms with Gasteiger partial charge in [0, 0.05) is 15.5 Å². The van der Waals surface area contributed by atoms with Crippen molar-refractivity contribution in [2.75, 3.05) is 0 Å². The van der Waals surface area contributed by atoms with Crippen molar-refractivity contribution >= 4 is 50.7 Å². The Morgan fingerprint density at radius 3 is 2.47 bits per heavy atom. The first-order chi connectivity index (χ1) is 8.99. The highest BCUT2D eigenvalue weighted by atomic mass is 79.9. The summed E-state index contributed by atoms with van der Waals surface area (Å²) in [5.41, 5.74) is 8.00. The first kappa shape index (κ1) is 15.1. The van der Waals surface area contributed by atoms with Crippen molar-refractivity contribution in [1.82, 2.24) is 0 Å². The summed E-state index contributed by atoms with van der Waals surface area (Å²) in [4.78, 5) is 0. The maximum absolute atomic E-state index is 6.19. The lowest BCUT2D eigenvalue weighted by atomic mass is 9.99. The van der Waals surface area contributed by atoms with Crippen molar-refractivity contribution in [3.63, 3.8) is 0 Å². The van der Waals surface area contributed by atoms with Crippen molar-refractivity contribution in [1.29, 1.82) is 0 Å². The van der Waals surface area contributed by atoms with Crippen LogP contribution in [0.4, 0.5) is 0 Å². The Kier molecular flexibility index (Phi) is 5.15. The highest BCUT2D eigenvalue weighted by molar-refractivity contribution is 9.10. The Hall–Kier alpha value is -0.250. The van der Waals surface area contributed by atoms with Crippen LogP contribution in [0.1, 0.15) is 17.2 Å². The van der Waals surface area contributed by atoms with Gasteiger partial charge < -0.3 is 5.73 Å². The molecule has 0 heterocycles. The summed E-state index contributed by atoms with van der Waals surface area (Å²) in [7, 11) is 0. The van der Waals surface area contributed by atoms with E-state index in [4.69, 9.17) is 40.5 Å². The molecule has 1 nitrogen and oxygen atoms in total. The number of rotatable bonds is 3. The minimum absolute atomic E-state index is 0.245. The second-order valence-electron chi connectivity index (χ2n) is 4.19. The fourth-order valence-corrected chi connectivity index (χ4v) is 3.04. The lowest BCUT2D eigenvalue weighted by molar-refractivity contribution is 0.722. The van der Waals surface area contributed by atoms with Gasteiger partial charge in [0.15, 0.2) is 0 Å². The molecule has 1 unspecified atom stereocenters. The number of benzene rings is 2. The Labute approximate surface area is 135 Å². The van der Waals surface area contributed by atoms with Crippen LogP contribution < -0.4 is 5.73 Å². The number of hydrogen-bond donors (Lipinski definition) is 1. The molecule has 0 aliphatic rings. The van der Waals surface area contributed by atoms with Gasteiger partial charge in [0.2, 0.25) is 0 Å². The lowest BCUT2D eigenvalue weighted by Gasteiger charge is -2.15. The number of halogens is 4. The van der Waals surface area contributed by atoms with Crippen molar-refractivity contribution in [2.24, 2.45) is 5.73 Å². The molecule has 5 heteroatoms. The first-order valence-electron chi connectivity index (χ1n) is 5.62. The van der Waals surface area contributed by atoms with Crippen LogP contribution in [0, 0.1) is 0 Å². The van der Waals surface area contributed by atoms with E-state index in [2.05, 4.69) is 15.9 Å². The van der Waals surface area contributed by atoms with E-state index >= 15 is 0 Å². The van der Waals surface area contributed by atoms with Crippen LogP contribution in [0.3, 0.4) is 0 Å². The van der Waals surface area contributed by atoms with E-state index in [1.54, 1.807) is 6.07 Å². The summed E-state index contributed by atoms with van der Waals surface area (Å²) in [6.45, 7) is 0. The number of nitrogens with two attached hydrogens (primary N) is 1. The van der Waals surface area contributed by atoms with Crippen molar-refractivity contribution in [3.8, 4) is 0 Å². The predicted octanol–water partition coefficient (Wildman–Crippen LogP) is 5.65. The molecule has 0 aromatic heterocycles. The van der Waals surface area contributed by atoms with E-state index in [9.17, 15) is 0 Å². The van der Waals surface area contributed by atoms with Gasteiger partial charge in [-0.15, -0.1) is 0 Å². The van der Waals surface area contributed by atoms with Crippen LogP contribution in [0.25, 0.3) is 0 Å². The van der Waals surface area contributed by atoms with Gasteiger partial charge in [0.1, 0.15) is 0 Å². The zero-order valence-corrected chi connectivity index (χ0v) is 13.7. The molecule has 0 aliphatic carbocycles. The molecule has 0 aliphatic heterocycles. The molecule has 0 bridgehead atoms. The zero-order chi connectivity index (χ0) is 14.0. The van der Waals surface area contributed by atoms with Crippen LogP contribution in [-0.4, -0.2) is 0 Å². The van der Waals surface area contributed by atoms with Gasteiger partial charge in [0.25, 0.3) is 0 Å². The standard InChI is InChI=1S/C14H11BrCl3N/c15-9-5-4-8(12(17)7-9)6-13(19)10-2-1-3-11(16)14(10)18/h1-5,7,13H,6,19H2. The summed E-state index contributed by atoms with van der Waals surface area (Å²) in [6, 6.07) is 11.0. The van der Waals surface area contributed by atoms with E-state index in [0.717, 1.165) is 15.6 Å². The molecule has 0 spiro atoms. The average molecular weight is 380 g/mol. The fourth-order valence-electron chi connectivity index (χ4n) is 1.84. The van der Waals surface area contributed by atoms with Crippen LogP contribution in [-0.2, 0) is 6.42 Å². The Bertz CT molecular complexity index is 601. The second-order valence-corrected chi connectivity index (χ2v) is 6.30. The molecule has 19 heavy (non-hydrogen) atoms. The molecule has 0 radical (unpaired) electrons. The molecule has 0 amide bonds. The largest absolute Gasteiger partial charge is 0.324 e. The normalized spacial score (nSPS) is 12.5. The Morgan fingerprint density at radius 1 is 1.05 bits per heavy atom. The van der Waals surface area contributed by atoms with Crippen molar-refractivity contribution < 1.29 is 0 Å². The van der Waals surface area contributed by atoms with E-state index in [0.29, 0.717) is 21.5 Å². The van der Waals surface area contributed by atoms with E-state index < -0.39 is 0 Å². The topological polar surface area (TPSA) is 26.0 Å². The summed E-state index contributed by atoms with van der Waals surface area (Å²) in [5, 5.41) is 1.70. The maximum Gasteiger partial charge on any atom is 0.0640 e. The third-order valence-corrected chi connectivity index (χ3v) is 4.51. The molecular weight excluding hydrogens is 368 g/mol. The van der Waals surface area contributed by atoms with Crippen molar-refractivity contribution in [3.05, 3.63) is 67.1 Å². The Balaban J connectivity index is 2.25. The second kappa shape index (κ2) is 6.47. The third-order valence-electron chi connectivity index (χ3n) is 2.84. The van der Waals surface area contributed by atoms with Crippen molar-refractivity contribution in [2.45, 2.75) is 12.5 Å². The summed E-state index contributed by atoms with van der Waals surface area (Å²) >= 11 is 21.7. The molecule has 2 N–H and O–H groups in total. The van der Waals surface area contributed by atoms with Gasteiger partial charge in [-0.25, -0.2) is 0 Å². The highest BCUT2D eigenvalue weighted by Crippen LogP contribution is 2.32. The molecule has 2 aromatic rings. The summed E-state index contributed by atoms with van der Waals surface area (Å²) < 4.78 is 0.940. The van der Waals surface area contributed by atoms with Gasteiger partial charge in [-0.1, -0.05) is 68.9 Å². The lowest BCUT2D eigenvalue weighted by Crippen LogP contribution is -2.14. The quantitative estimate of drug-likeness (QED) is 0.732. The predicted molar refractivity (Wildman–Crippen MR) is 86.2 cm³/mol. The van der Waals surface area contributed by atoms with Gasteiger partial charge in [-0.3, -0.25) is 0 Å². The molecule has 0 fully saturated rings. The molecule has 1 atom stereocenters. The summed E-state index contributed by atoms with van der Waals surface area (Å²) in [5.74, 6) is 0. The van der Waals surface area contributed by atoms with Gasteiger partial charge in [-0.2, -0.15) is 0 Å². The van der Waals surface area contributed by atoms with Crippen LogP contribution in [0.5, 0.6) is 0 Å². The van der Waals surface area contributed by atoms with Gasteiger partial charge in [-0.05, 0) is 35.7 Å². The van der Waals surface area contributed by atoms with Gasteiger partial charge >= 0.3 is 0 Å². The minimum Gasteiger partial charge on any atom is -0.324 e. The molecule has 0 saturated heterocycles. The fraction of sp³-hybridized carbons (Fsp3) is 0.143. The maximum atomic E-state index is 6.19. The average Bonchev–Trinajstić information content (AvgIpc) is 2.36. The molecule has 2 rings (SSSR count). The number of hydrogen-bond acceptors (Lipinski definition) is 1. The molecule has 100 valence electrons.